The minimum atomic E-state index is -0.311. The predicted molar refractivity (Wildman–Crippen MR) is 103 cm³/mol. The standard InChI is InChI=1S/C20H17N5O3/c1-24(12-14-11-17(23-28-14)13-7-9-21-10-8-13)20(27)18-15-5-3-4-6-16(15)19(26)25(2)22-18/h3-11H,12H2,1-2H3. The quantitative estimate of drug-likeness (QED) is 0.543. The van der Waals surface area contributed by atoms with Gasteiger partial charge < -0.3 is 9.42 Å². The summed E-state index contributed by atoms with van der Waals surface area (Å²) in [7, 11) is 3.18. The Kier molecular flexibility index (Phi) is 4.44. The highest BCUT2D eigenvalue weighted by atomic mass is 16.5. The van der Waals surface area contributed by atoms with Crippen molar-refractivity contribution >= 4 is 16.7 Å². The van der Waals surface area contributed by atoms with E-state index in [4.69, 9.17) is 4.52 Å². The first kappa shape index (κ1) is 17.6. The molecule has 0 saturated heterocycles. The van der Waals surface area contributed by atoms with Gasteiger partial charge in [-0.3, -0.25) is 14.6 Å². The van der Waals surface area contributed by atoms with Gasteiger partial charge in [0.15, 0.2) is 11.5 Å². The molecule has 3 aromatic heterocycles. The van der Waals surface area contributed by atoms with Crippen LogP contribution in [0.25, 0.3) is 22.0 Å². The molecule has 1 aromatic carbocycles. The van der Waals surface area contributed by atoms with Crippen molar-refractivity contribution in [3.8, 4) is 11.3 Å². The minimum Gasteiger partial charge on any atom is -0.359 e. The Labute approximate surface area is 160 Å². The molecule has 4 rings (SSSR count). The molecule has 8 heteroatoms. The highest BCUT2D eigenvalue weighted by Crippen LogP contribution is 2.20. The third-order valence-corrected chi connectivity index (χ3v) is 4.43. The lowest BCUT2D eigenvalue weighted by Gasteiger charge is -2.16. The van der Waals surface area contributed by atoms with Crippen LogP contribution in [0.15, 0.2) is 64.2 Å². The van der Waals surface area contributed by atoms with Crippen molar-refractivity contribution in [2.45, 2.75) is 6.54 Å². The Hall–Kier alpha value is -3.81. The average Bonchev–Trinajstić information content (AvgIpc) is 3.19. The SMILES string of the molecule is CN(Cc1cc(-c2ccncc2)no1)C(=O)c1nn(C)c(=O)c2ccccc12. The van der Waals surface area contributed by atoms with Gasteiger partial charge in [0.1, 0.15) is 5.69 Å². The van der Waals surface area contributed by atoms with Gasteiger partial charge in [-0.25, -0.2) is 4.68 Å². The first-order valence-electron chi connectivity index (χ1n) is 8.62. The number of hydrogen-bond donors (Lipinski definition) is 0. The summed E-state index contributed by atoms with van der Waals surface area (Å²) in [5.41, 5.74) is 1.52. The number of pyridine rings is 1. The molecule has 140 valence electrons. The number of nitrogens with zero attached hydrogens (tertiary/aromatic N) is 5. The number of hydrogen-bond acceptors (Lipinski definition) is 6. The van der Waals surface area contributed by atoms with Crippen molar-refractivity contribution in [1.82, 2.24) is 24.8 Å². The molecule has 3 heterocycles. The van der Waals surface area contributed by atoms with Gasteiger partial charge in [-0.15, -0.1) is 0 Å². The van der Waals surface area contributed by atoms with Gasteiger partial charge in [0, 0.05) is 43.5 Å². The number of carbonyl (C=O) groups excluding carboxylic acids is 1. The third kappa shape index (κ3) is 3.16. The Morgan fingerprint density at radius 3 is 2.61 bits per heavy atom. The van der Waals surface area contributed by atoms with Crippen LogP contribution < -0.4 is 5.56 Å². The van der Waals surface area contributed by atoms with Crippen LogP contribution in [0.2, 0.25) is 0 Å². The molecule has 1 amide bonds. The number of amides is 1. The summed E-state index contributed by atoms with van der Waals surface area (Å²) >= 11 is 0. The van der Waals surface area contributed by atoms with Crippen molar-refractivity contribution in [2.75, 3.05) is 7.05 Å². The van der Waals surface area contributed by atoms with Crippen molar-refractivity contribution in [3.63, 3.8) is 0 Å². The summed E-state index contributed by atoms with van der Waals surface area (Å²) in [4.78, 5) is 30.7. The second-order valence-electron chi connectivity index (χ2n) is 6.40. The van der Waals surface area contributed by atoms with Gasteiger partial charge >= 0.3 is 0 Å². The molecule has 0 atom stereocenters. The van der Waals surface area contributed by atoms with E-state index in [-0.39, 0.29) is 23.7 Å². The van der Waals surface area contributed by atoms with Crippen LogP contribution in [0, 0.1) is 0 Å². The molecular weight excluding hydrogens is 358 g/mol. The highest BCUT2D eigenvalue weighted by Gasteiger charge is 2.20. The van der Waals surface area contributed by atoms with Crippen molar-refractivity contribution in [2.24, 2.45) is 7.05 Å². The van der Waals surface area contributed by atoms with Crippen LogP contribution >= 0.6 is 0 Å². The van der Waals surface area contributed by atoms with Gasteiger partial charge in [-0.05, 0) is 18.2 Å². The number of benzene rings is 1. The Balaban J connectivity index is 1.61. The summed E-state index contributed by atoms with van der Waals surface area (Å²) in [6, 6.07) is 12.4. The second kappa shape index (κ2) is 7.07. The van der Waals surface area contributed by atoms with E-state index in [2.05, 4.69) is 15.2 Å². The molecule has 28 heavy (non-hydrogen) atoms. The maximum absolute atomic E-state index is 13.0. The zero-order chi connectivity index (χ0) is 19.7. The topological polar surface area (TPSA) is 94.1 Å². The highest BCUT2D eigenvalue weighted by molar-refractivity contribution is 6.04. The van der Waals surface area contributed by atoms with Crippen LogP contribution in [0.3, 0.4) is 0 Å². The molecule has 0 spiro atoms. The van der Waals surface area contributed by atoms with E-state index < -0.39 is 0 Å². The van der Waals surface area contributed by atoms with E-state index in [1.54, 1.807) is 49.8 Å². The van der Waals surface area contributed by atoms with Gasteiger partial charge in [0.05, 0.1) is 11.9 Å². The zero-order valence-corrected chi connectivity index (χ0v) is 15.4. The fourth-order valence-corrected chi connectivity index (χ4v) is 2.99. The number of aryl methyl sites for hydroxylation is 1. The van der Waals surface area contributed by atoms with E-state index in [1.165, 1.54) is 16.6 Å². The lowest BCUT2D eigenvalue weighted by atomic mass is 10.1. The first-order valence-corrected chi connectivity index (χ1v) is 8.62. The largest absolute Gasteiger partial charge is 0.359 e. The third-order valence-electron chi connectivity index (χ3n) is 4.43. The van der Waals surface area contributed by atoms with Crippen molar-refractivity contribution in [1.29, 1.82) is 0 Å². The smallest absolute Gasteiger partial charge is 0.275 e. The molecule has 0 bridgehead atoms. The van der Waals surface area contributed by atoms with Crippen molar-refractivity contribution < 1.29 is 9.32 Å². The number of fused-ring (bicyclic) bond motifs is 1. The fraction of sp³-hybridized carbons (Fsp3) is 0.150. The predicted octanol–water partition coefficient (Wildman–Crippen LogP) is 2.26. The number of rotatable bonds is 4. The summed E-state index contributed by atoms with van der Waals surface area (Å²) < 4.78 is 6.55. The molecule has 0 fully saturated rings. The molecule has 8 nitrogen and oxygen atoms in total. The monoisotopic (exact) mass is 375 g/mol. The molecule has 0 aliphatic heterocycles. The molecule has 0 saturated carbocycles. The number of aromatic nitrogens is 4. The van der Waals surface area contributed by atoms with E-state index in [0.29, 0.717) is 22.2 Å². The summed E-state index contributed by atoms with van der Waals surface area (Å²) in [6.07, 6.45) is 3.35. The lowest BCUT2D eigenvalue weighted by Crippen LogP contribution is -2.30. The summed E-state index contributed by atoms with van der Waals surface area (Å²) in [5.74, 6) is 0.227. The van der Waals surface area contributed by atoms with E-state index >= 15 is 0 Å². The van der Waals surface area contributed by atoms with Crippen LogP contribution in [0.4, 0.5) is 0 Å². The minimum absolute atomic E-state index is 0.217. The van der Waals surface area contributed by atoms with Crippen LogP contribution in [0.5, 0.6) is 0 Å². The summed E-state index contributed by atoms with van der Waals surface area (Å²) in [6.45, 7) is 0.218. The molecule has 0 aliphatic rings. The van der Waals surface area contributed by atoms with Crippen molar-refractivity contribution in [3.05, 3.63) is 76.7 Å². The Morgan fingerprint density at radius 1 is 1.14 bits per heavy atom. The maximum atomic E-state index is 13.0. The molecule has 0 N–H and O–H groups in total. The average molecular weight is 375 g/mol. The summed E-state index contributed by atoms with van der Waals surface area (Å²) in [5, 5.41) is 9.20. The van der Waals surface area contributed by atoms with E-state index in [0.717, 1.165) is 5.56 Å². The molecule has 4 aromatic rings. The zero-order valence-electron chi connectivity index (χ0n) is 15.4. The Bertz CT molecular complexity index is 1210. The van der Waals surface area contributed by atoms with Gasteiger partial charge in [0.25, 0.3) is 11.5 Å². The van der Waals surface area contributed by atoms with Crippen LogP contribution in [-0.2, 0) is 13.6 Å². The fourth-order valence-electron chi connectivity index (χ4n) is 2.99. The Morgan fingerprint density at radius 2 is 1.86 bits per heavy atom. The normalized spacial score (nSPS) is 10.9. The number of carbonyl (C=O) groups is 1. The maximum Gasteiger partial charge on any atom is 0.275 e. The molecular formula is C20H17N5O3. The van der Waals surface area contributed by atoms with Gasteiger partial charge in [0.2, 0.25) is 0 Å². The van der Waals surface area contributed by atoms with E-state index in [9.17, 15) is 9.59 Å². The molecule has 0 unspecified atom stereocenters. The lowest BCUT2D eigenvalue weighted by molar-refractivity contribution is 0.0766. The van der Waals surface area contributed by atoms with E-state index in [1.807, 2.05) is 12.1 Å². The van der Waals surface area contributed by atoms with Gasteiger partial charge in [-0.1, -0.05) is 23.4 Å². The first-order chi connectivity index (χ1) is 13.5. The molecule has 0 radical (unpaired) electrons. The van der Waals surface area contributed by atoms with Crippen LogP contribution in [0.1, 0.15) is 16.2 Å². The molecule has 0 aliphatic carbocycles. The van der Waals surface area contributed by atoms with Gasteiger partial charge in [-0.2, -0.15) is 5.10 Å². The second-order valence-corrected chi connectivity index (χ2v) is 6.40. The van der Waals surface area contributed by atoms with Crippen LogP contribution in [-0.4, -0.2) is 37.8 Å².